The maximum absolute atomic E-state index is 12.7. The minimum atomic E-state index is -4.45. The molecule has 1 amide bonds. The van der Waals surface area contributed by atoms with E-state index in [0.29, 0.717) is 32.0 Å². The molecular formula is C16H17ClF3N4OS+. The number of hydrogen-bond acceptors (Lipinski definition) is 4. The lowest BCUT2D eigenvalue weighted by molar-refractivity contribution is -0.367. The summed E-state index contributed by atoms with van der Waals surface area (Å²) >= 11 is 7.48. The normalized spacial score (nSPS) is 15.4. The van der Waals surface area contributed by atoms with Crippen molar-refractivity contribution in [1.82, 2.24) is 9.88 Å². The second-order valence-corrected chi connectivity index (χ2v) is 7.36. The lowest BCUT2D eigenvalue weighted by Crippen LogP contribution is -2.50. The number of aromatic amines is 1. The summed E-state index contributed by atoms with van der Waals surface area (Å²) in [6.45, 7) is 3.82. The zero-order valence-electron chi connectivity index (χ0n) is 13.9. The molecule has 2 aromatic heterocycles. The molecule has 1 aliphatic rings. The molecule has 5 nitrogen and oxygen atoms in total. The summed E-state index contributed by atoms with van der Waals surface area (Å²) in [6, 6.07) is 0.912. The van der Waals surface area contributed by atoms with Crippen LogP contribution in [0.1, 0.15) is 16.3 Å². The minimum Gasteiger partial charge on any atom is -0.334 e. The van der Waals surface area contributed by atoms with E-state index in [1.165, 1.54) is 11.3 Å². The number of thiazole rings is 1. The maximum atomic E-state index is 12.7. The van der Waals surface area contributed by atoms with Gasteiger partial charge in [-0.15, -0.1) is 11.3 Å². The van der Waals surface area contributed by atoms with Gasteiger partial charge in [0.1, 0.15) is 29.3 Å². The van der Waals surface area contributed by atoms with Gasteiger partial charge in [0.2, 0.25) is 5.91 Å². The van der Waals surface area contributed by atoms with Crippen LogP contribution in [0.15, 0.2) is 17.6 Å². The molecule has 10 heteroatoms. The van der Waals surface area contributed by atoms with Crippen molar-refractivity contribution in [2.75, 3.05) is 31.1 Å². The van der Waals surface area contributed by atoms with Crippen LogP contribution >= 0.6 is 22.9 Å². The van der Waals surface area contributed by atoms with E-state index < -0.39 is 11.7 Å². The Kier molecular flexibility index (Phi) is 5.38. The van der Waals surface area contributed by atoms with Crippen LogP contribution in [0.3, 0.4) is 0 Å². The number of hydrogen-bond donors (Lipinski definition) is 0. The Morgan fingerprint density at radius 1 is 1.35 bits per heavy atom. The van der Waals surface area contributed by atoms with E-state index in [-0.39, 0.29) is 17.4 Å². The van der Waals surface area contributed by atoms with E-state index in [2.05, 4.69) is 9.97 Å². The minimum absolute atomic E-state index is 0.00139. The third kappa shape index (κ3) is 4.27. The maximum Gasteiger partial charge on any atom is 0.419 e. The number of rotatable bonds is 3. The Labute approximate surface area is 157 Å². The van der Waals surface area contributed by atoms with Crippen molar-refractivity contribution in [2.24, 2.45) is 0 Å². The Hall–Kier alpha value is -1.87. The number of carbonyl (C=O) groups is 1. The molecule has 3 rings (SSSR count). The number of pyridine rings is 1. The van der Waals surface area contributed by atoms with E-state index >= 15 is 0 Å². The highest BCUT2D eigenvalue weighted by Crippen LogP contribution is 2.32. The van der Waals surface area contributed by atoms with Crippen LogP contribution in [0.25, 0.3) is 0 Å². The Morgan fingerprint density at radius 2 is 2.04 bits per heavy atom. The van der Waals surface area contributed by atoms with Crippen LogP contribution < -0.4 is 9.88 Å². The van der Waals surface area contributed by atoms with E-state index in [1.54, 1.807) is 4.90 Å². The number of piperazine rings is 1. The molecule has 1 fully saturated rings. The van der Waals surface area contributed by atoms with Gasteiger partial charge in [0.05, 0.1) is 25.1 Å². The van der Waals surface area contributed by atoms with Crippen molar-refractivity contribution in [3.05, 3.63) is 38.9 Å². The van der Waals surface area contributed by atoms with Crippen LogP contribution in [0.5, 0.6) is 0 Å². The lowest BCUT2D eigenvalue weighted by Gasteiger charge is -2.31. The number of aryl methyl sites for hydroxylation is 1. The van der Waals surface area contributed by atoms with Gasteiger partial charge in [0, 0.05) is 11.1 Å². The molecule has 0 saturated carbocycles. The third-order valence-electron chi connectivity index (χ3n) is 4.12. The topological polar surface area (TPSA) is 50.6 Å². The third-order valence-corrected chi connectivity index (χ3v) is 5.37. The summed E-state index contributed by atoms with van der Waals surface area (Å²) < 4.78 is 38.2. The van der Waals surface area contributed by atoms with Gasteiger partial charge in [-0.1, -0.05) is 11.6 Å². The predicted octanol–water partition coefficient (Wildman–Crippen LogP) is 2.83. The molecule has 0 bridgehead atoms. The standard InChI is InChI=1S/C16H16ClF3N4OS/c1-10-9-26-13(22-10)7-14(25)23-2-4-24(5-3-23)15-12(17)6-11(8-21-15)16(18,19)20/h6,8-9H,2-5,7H2,1H3/p+1. The Morgan fingerprint density at radius 3 is 2.58 bits per heavy atom. The summed E-state index contributed by atoms with van der Waals surface area (Å²) in [5, 5.41) is 2.70. The molecule has 1 saturated heterocycles. The number of H-pyrrole nitrogens is 1. The number of halogens is 4. The van der Waals surface area contributed by atoms with Crippen molar-refractivity contribution in [1.29, 1.82) is 0 Å². The number of nitrogens with zero attached hydrogens (tertiary/aromatic N) is 3. The highest BCUT2D eigenvalue weighted by atomic mass is 35.5. The fraction of sp³-hybridized carbons (Fsp3) is 0.438. The first-order valence-electron chi connectivity index (χ1n) is 7.96. The molecule has 0 unspecified atom stereocenters. The molecule has 0 spiro atoms. The summed E-state index contributed by atoms with van der Waals surface area (Å²) in [4.78, 5) is 22.9. The summed E-state index contributed by atoms with van der Waals surface area (Å²) in [5.41, 5.74) is 0.0777. The van der Waals surface area contributed by atoms with Crippen LogP contribution in [0.4, 0.5) is 19.0 Å². The molecule has 0 atom stereocenters. The van der Waals surface area contributed by atoms with Crippen molar-refractivity contribution >= 4 is 34.7 Å². The first kappa shape index (κ1) is 18.9. The molecule has 1 N–H and O–H groups in total. The first-order valence-corrected chi connectivity index (χ1v) is 9.22. The second-order valence-electron chi connectivity index (χ2n) is 6.01. The van der Waals surface area contributed by atoms with Crippen LogP contribution in [0.2, 0.25) is 5.02 Å². The zero-order chi connectivity index (χ0) is 18.9. The van der Waals surface area contributed by atoms with Crippen LogP contribution in [-0.2, 0) is 17.4 Å². The summed E-state index contributed by atoms with van der Waals surface area (Å²) in [6.07, 6.45) is -3.27. The molecule has 0 aromatic carbocycles. The Bertz CT molecular complexity index is 803. The average Bonchev–Trinajstić information content (AvgIpc) is 2.99. The fourth-order valence-corrected chi connectivity index (χ4v) is 3.83. The van der Waals surface area contributed by atoms with Gasteiger partial charge >= 0.3 is 6.18 Å². The average molecular weight is 406 g/mol. The zero-order valence-corrected chi connectivity index (χ0v) is 15.5. The quantitative estimate of drug-likeness (QED) is 0.789. The van der Waals surface area contributed by atoms with Crippen LogP contribution in [-0.4, -0.2) is 42.0 Å². The number of anilines is 1. The molecule has 0 aliphatic carbocycles. The van der Waals surface area contributed by atoms with Gasteiger partial charge in [-0.3, -0.25) is 9.69 Å². The molecule has 1 aliphatic heterocycles. The van der Waals surface area contributed by atoms with Gasteiger partial charge in [0.25, 0.3) is 5.82 Å². The van der Waals surface area contributed by atoms with Crippen molar-refractivity contribution in [3.8, 4) is 0 Å². The highest BCUT2D eigenvalue weighted by molar-refractivity contribution is 7.09. The molecule has 3 heterocycles. The number of alkyl halides is 3. The smallest absolute Gasteiger partial charge is 0.334 e. The number of aromatic nitrogens is 2. The van der Waals surface area contributed by atoms with Crippen molar-refractivity contribution < 1.29 is 22.9 Å². The van der Waals surface area contributed by atoms with Gasteiger partial charge in [-0.05, 0) is 13.0 Å². The summed E-state index contributed by atoms with van der Waals surface area (Å²) in [5.74, 6) is 0.434. The second kappa shape index (κ2) is 7.40. The van der Waals surface area contributed by atoms with E-state index in [9.17, 15) is 18.0 Å². The Balaban J connectivity index is 1.60. The molecule has 140 valence electrons. The van der Waals surface area contributed by atoms with Crippen molar-refractivity contribution in [2.45, 2.75) is 19.5 Å². The first-order chi connectivity index (χ1) is 12.2. The summed E-state index contributed by atoms with van der Waals surface area (Å²) in [7, 11) is 0. The lowest BCUT2D eigenvalue weighted by atomic mass is 10.2. The number of amides is 1. The number of nitrogens with one attached hydrogen (secondary N) is 1. The SMILES string of the molecule is Cc1csc(CC(=O)N2CCN(c3[nH+]cc(C(F)(F)F)cc3Cl)CC2)n1. The van der Waals surface area contributed by atoms with Gasteiger partial charge < -0.3 is 4.90 Å². The molecule has 0 radical (unpaired) electrons. The van der Waals surface area contributed by atoms with Gasteiger partial charge in [0.15, 0.2) is 0 Å². The monoisotopic (exact) mass is 405 g/mol. The van der Waals surface area contributed by atoms with E-state index in [4.69, 9.17) is 11.6 Å². The molecule has 26 heavy (non-hydrogen) atoms. The molecular weight excluding hydrogens is 389 g/mol. The van der Waals surface area contributed by atoms with Crippen LogP contribution in [0, 0.1) is 6.92 Å². The predicted molar refractivity (Wildman–Crippen MR) is 92.4 cm³/mol. The highest BCUT2D eigenvalue weighted by Gasteiger charge is 2.34. The van der Waals surface area contributed by atoms with Gasteiger partial charge in [-0.2, -0.15) is 13.2 Å². The van der Waals surface area contributed by atoms with E-state index in [1.807, 2.05) is 17.2 Å². The fourth-order valence-electron chi connectivity index (χ4n) is 2.77. The number of carbonyl (C=O) groups excluding carboxylic acids is 1. The largest absolute Gasteiger partial charge is 0.419 e. The molecule has 2 aromatic rings. The van der Waals surface area contributed by atoms with Gasteiger partial charge in [-0.25, -0.2) is 9.97 Å². The van der Waals surface area contributed by atoms with E-state index in [0.717, 1.165) is 23.0 Å². The van der Waals surface area contributed by atoms with Crippen molar-refractivity contribution in [3.63, 3.8) is 0 Å².